The highest BCUT2D eigenvalue weighted by molar-refractivity contribution is 5.95. The maximum absolute atomic E-state index is 14.7. The van der Waals surface area contributed by atoms with E-state index < -0.39 is 11.5 Å². The Morgan fingerprint density at radius 3 is 2.67 bits per heavy atom. The molecule has 2 aromatic carbocycles. The second kappa shape index (κ2) is 13.8. The van der Waals surface area contributed by atoms with Crippen LogP contribution < -0.4 is 0 Å². The third-order valence-corrected chi connectivity index (χ3v) is 10.3. The van der Waals surface area contributed by atoms with E-state index in [2.05, 4.69) is 38.4 Å². The Morgan fingerprint density at radius 1 is 1.02 bits per heavy atom. The van der Waals surface area contributed by atoms with Crippen molar-refractivity contribution in [2.24, 2.45) is 5.92 Å². The van der Waals surface area contributed by atoms with Crippen LogP contribution >= 0.6 is 0 Å². The summed E-state index contributed by atoms with van der Waals surface area (Å²) in [6.07, 6.45) is 8.95. The fourth-order valence-electron chi connectivity index (χ4n) is 7.62. The molecule has 0 bridgehead atoms. The van der Waals surface area contributed by atoms with Crippen LogP contribution in [0.2, 0.25) is 0 Å². The lowest BCUT2D eigenvalue weighted by Crippen LogP contribution is -2.44. The number of nitrogens with zero attached hydrogens (tertiary/aromatic N) is 8. The average Bonchev–Trinajstić information content (AvgIpc) is 3.77. The topological polar surface area (TPSA) is 103 Å². The fraction of sp³-hybridized carbons (Fsp3) is 0.462. The van der Waals surface area contributed by atoms with Crippen molar-refractivity contribution < 1.29 is 18.7 Å². The molecule has 2 fully saturated rings. The maximum atomic E-state index is 14.7. The van der Waals surface area contributed by atoms with Gasteiger partial charge in [-0.25, -0.2) is 19.1 Å². The van der Waals surface area contributed by atoms with Crippen LogP contribution in [-0.4, -0.2) is 84.0 Å². The Labute approximate surface area is 297 Å². The lowest BCUT2D eigenvalue weighted by atomic mass is 9.94. The molecule has 0 aliphatic carbocycles. The summed E-state index contributed by atoms with van der Waals surface area (Å²) in [6, 6.07) is 15.9. The van der Waals surface area contributed by atoms with Gasteiger partial charge in [0.25, 0.3) is 0 Å². The van der Waals surface area contributed by atoms with Gasteiger partial charge in [-0.3, -0.25) is 4.90 Å². The normalized spacial score (nSPS) is 19.0. The largest absolute Gasteiger partial charge is 0.444 e. The van der Waals surface area contributed by atoms with Crippen LogP contribution in [0.25, 0.3) is 39.1 Å². The average molecular weight is 693 g/mol. The predicted octanol–water partition coefficient (Wildman–Crippen LogP) is 7.19. The van der Waals surface area contributed by atoms with Gasteiger partial charge in [0.05, 0.1) is 17.4 Å². The summed E-state index contributed by atoms with van der Waals surface area (Å²) in [4.78, 5) is 20.8. The number of carbonyl (C=O) groups is 1. The number of halogens is 1. The molecule has 0 spiro atoms. The minimum Gasteiger partial charge on any atom is -0.444 e. The summed E-state index contributed by atoms with van der Waals surface area (Å²) >= 11 is 0. The molecule has 0 saturated carbocycles. The molecular weight excluding hydrogens is 647 g/mol. The summed E-state index contributed by atoms with van der Waals surface area (Å²) in [5, 5.41) is 15.0. The monoisotopic (exact) mass is 692 g/mol. The van der Waals surface area contributed by atoms with E-state index in [-0.39, 0.29) is 12.3 Å². The van der Waals surface area contributed by atoms with Crippen LogP contribution in [0.5, 0.6) is 0 Å². The van der Waals surface area contributed by atoms with Gasteiger partial charge in [-0.05, 0) is 118 Å². The zero-order valence-corrected chi connectivity index (χ0v) is 29.6. The van der Waals surface area contributed by atoms with Crippen molar-refractivity contribution in [3.05, 3.63) is 78.0 Å². The Hall–Kier alpha value is -4.68. The highest BCUT2D eigenvalue weighted by Gasteiger charge is 2.29. The van der Waals surface area contributed by atoms with E-state index in [4.69, 9.17) is 14.6 Å². The molecule has 0 N–H and O–H groups in total. The van der Waals surface area contributed by atoms with Crippen molar-refractivity contribution >= 4 is 17.0 Å². The lowest BCUT2D eigenvalue weighted by molar-refractivity contribution is -0.0365. The molecule has 51 heavy (non-hydrogen) atoms. The molecule has 1 atom stereocenters. The minimum atomic E-state index is -0.512. The van der Waals surface area contributed by atoms with E-state index in [0.29, 0.717) is 29.5 Å². The Morgan fingerprint density at radius 2 is 1.88 bits per heavy atom. The van der Waals surface area contributed by atoms with Crippen LogP contribution in [0.3, 0.4) is 0 Å². The number of carbonyl (C=O) groups excluding carboxylic acids is 1. The molecule has 2 saturated heterocycles. The van der Waals surface area contributed by atoms with E-state index >= 15 is 0 Å². The standard InChI is InChI=1S/C39H45FN8O3/c1-39(2,3)51-38(49)46-18-13-26(14-19-46)23-45-17-15-27-9-11-30(21-29(27)24-45)47-25-33(42-44-47)36-32-22-28(31-7-6-16-41-37(31)40)10-12-34(32)48(43-36)35-8-4-5-20-50-35/h6-7,9-12,16,21-22,25-26,35H,4-5,8,13-15,17-20,23-24H2,1-3H3. The third kappa shape index (κ3) is 7.12. The Balaban J connectivity index is 1.01. The Bertz CT molecular complexity index is 2040. The van der Waals surface area contributed by atoms with Crippen LogP contribution in [-0.2, 0) is 22.4 Å². The van der Waals surface area contributed by atoms with Gasteiger partial charge in [0.15, 0.2) is 6.23 Å². The van der Waals surface area contributed by atoms with Crippen LogP contribution in [0.15, 0.2) is 60.9 Å². The van der Waals surface area contributed by atoms with Gasteiger partial charge in [-0.1, -0.05) is 17.3 Å². The molecule has 8 rings (SSSR count). The van der Waals surface area contributed by atoms with Gasteiger partial charge >= 0.3 is 6.09 Å². The maximum Gasteiger partial charge on any atom is 0.410 e. The molecule has 11 nitrogen and oxygen atoms in total. The number of ether oxygens (including phenoxy) is 2. The SMILES string of the molecule is CC(C)(C)OC(=O)N1CCC(CN2CCc3ccc(-n4cc(-c5nn(C6CCCCO6)c6ccc(-c7cccnc7F)cc56)nn4)cc3C2)CC1. The first-order chi connectivity index (χ1) is 24.7. The summed E-state index contributed by atoms with van der Waals surface area (Å²) < 4.78 is 30.2. The third-order valence-electron chi connectivity index (χ3n) is 10.3. The molecule has 1 amide bonds. The van der Waals surface area contributed by atoms with E-state index in [0.717, 1.165) is 93.4 Å². The summed E-state index contributed by atoms with van der Waals surface area (Å²) in [5.74, 6) is 0.0389. The highest BCUT2D eigenvalue weighted by atomic mass is 19.1. The summed E-state index contributed by atoms with van der Waals surface area (Å²) in [6.45, 7) is 10.8. The van der Waals surface area contributed by atoms with Crippen molar-refractivity contribution in [1.29, 1.82) is 0 Å². The van der Waals surface area contributed by atoms with Crippen molar-refractivity contribution in [1.82, 2.24) is 39.6 Å². The molecule has 3 aliphatic rings. The Kier molecular flexibility index (Phi) is 9.05. The summed E-state index contributed by atoms with van der Waals surface area (Å²) in [7, 11) is 0. The van der Waals surface area contributed by atoms with Crippen LogP contribution in [0.1, 0.15) is 70.2 Å². The van der Waals surface area contributed by atoms with E-state index in [1.807, 2.05) is 59.4 Å². The van der Waals surface area contributed by atoms with Crippen molar-refractivity contribution in [2.75, 3.05) is 32.8 Å². The molecule has 3 aliphatic heterocycles. The second-order valence-corrected chi connectivity index (χ2v) is 15.1. The van der Waals surface area contributed by atoms with Gasteiger partial charge in [-0.2, -0.15) is 9.49 Å². The summed E-state index contributed by atoms with van der Waals surface area (Å²) in [5.41, 5.74) is 6.51. The van der Waals surface area contributed by atoms with Gasteiger partial charge in [0, 0.05) is 56.5 Å². The number of fused-ring (bicyclic) bond motifs is 2. The quantitative estimate of drug-likeness (QED) is 0.172. The molecule has 1 unspecified atom stereocenters. The smallest absolute Gasteiger partial charge is 0.410 e. The number of hydrogen-bond donors (Lipinski definition) is 0. The first-order valence-electron chi connectivity index (χ1n) is 18.2. The number of pyridine rings is 1. The molecule has 6 heterocycles. The number of likely N-dealkylation sites (tertiary alicyclic amines) is 1. The lowest BCUT2D eigenvalue weighted by Gasteiger charge is -2.37. The first-order valence-corrected chi connectivity index (χ1v) is 18.2. The van der Waals surface area contributed by atoms with Gasteiger partial charge in [0.1, 0.15) is 17.0 Å². The minimum absolute atomic E-state index is 0.174. The molecule has 3 aromatic heterocycles. The number of benzene rings is 2. The molecule has 0 radical (unpaired) electrons. The fourth-order valence-corrected chi connectivity index (χ4v) is 7.62. The predicted molar refractivity (Wildman–Crippen MR) is 192 cm³/mol. The molecule has 12 heteroatoms. The van der Waals surface area contributed by atoms with Crippen molar-refractivity contribution in [3.63, 3.8) is 0 Å². The van der Waals surface area contributed by atoms with Gasteiger partial charge < -0.3 is 14.4 Å². The van der Waals surface area contributed by atoms with E-state index in [1.165, 1.54) is 17.3 Å². The van der Waals surface area contributed by atoms with Crippen LogP contribution in [0.4, 0.5) is 9.18 Å². The molecule has 266 valence electrons. The highest BCUT2D eigenvalue weighted by Crippen LogP contribution is 2.35. The van der Waals surface area contributed by atoms with Gasteiger partial charge in [0.2, 0.25) is 5.95 Å². The number of amides is 1. The van der Waals surface area contributed by atoms with E-state index in [1.54, 1.807) is 12.1 Å². The molecular formula is C39H45FN8O3. The first kappa shape index (κ1) is 33.5. The zero-order chi connectivity index (χ0) is 35.1. The van der Waals surface area contributed by atoms with Crippen LogP contribution in [0, 0.1) is 11.9 Å². The number of hydrogen-bond acceptors (Lipinski definition) is 8. The number of aromatic nitrogens is 6. The molecule has 5 aromatic rings. The second-order valence-electron chi connectivity index (χ2n) is 15.1. The van der Waals surface area contributed by atoms with Crippen molar-refractivity contribution in [3.8, 4) is 28.2 Å². The zero-order valence-electron chi connectivity index (χ0n) is 29.6. The van der Waals surface area contributed by atoms with Crippen molar-refractivity contribution in [2.45, 2.75) is 77.7 Å². The number of rotatable bonds is 6. The van der Waals surface area contributed by atoms with Gasteiger partial charge in [-0.15, -0.1) is 5.10 Å². The number of piperidine rings is 1. The van der Waals surface area contributed by atoms with E-state index in [9.17, 15) is 9.18 Å².